The van der Waals surface area contributed by atoms with Crippen molar-refractivity contribution < 1.29 is 9.59 Å². The molecule has 4 heteroatoms. The lowest BCUT2D eigenvalue weighted by atomic mass is 10.6. The molecular weight excluding hydrogens is 108 g/mol. The van der Waals surface area contributed by atoms with Crippen molar-refractivity contribution in [2.24, 2.45) is 5.73 Å². The van der Waals surface area contributed by atoms with E-state index in [9.17, 15) is 9.59 Å². The Bertz CT molecular complexity index is 111. The van der Waals surface area contributed by atoms with E-state index in [0.717, 1.165) is 0 Å². The average molecular weight is 114 g/mol. The van der Waals surface area contributed by atoms with Gasteiger partial charge in [-0.25, -0.2) is 0 Å². The molecule has 0 aliphatic heterocycles. The van der Waals surface area contributed by atoms with Crippen LogP contribution in [0.3, 0.4) is 0 Å². The van der Waals surface area contributed by atoms with Gasteiger partial charge < -0.3 is 5.73 Å². The van der Waals surface area contributed by atoms with Crippen LogP contribution in [0.1, 0.15) is 0 Å². The molecule has 8 heavy (non-hydrogen) atoms. The summed E-state index contributed by atoms with van der Waals surface area (Å²) >= 11 is 0. The van der Waals surface area contributed by atoms with Gasteiger partial charge >= 0.3 is 0 Å². The SMILES string of the molecule is [CH]C(=O)NC(=O)CN. The molecule has 3 N–H and O–H groups in total. The van der Waals surface area contributed by atoms with Gasteiger partial charge in [-0.2, -0.15) is 0 Å². The van der Waals surface area contributed by atoms with Crippen LogP contribution in [0.2, 0.25) is 0 Å². The Kier molecular flexibility index (Phi) is 2.79. The van der Waals surface area contributed by atoms with E-state index in [1.807, 2.05) is 0 Å². The van der Waals surface area contributed by atoms with Gasteiger partial charge in [0.05, 0.1) is 13.5 Å². The molecule has 0 spiro atoms. The highest BCUT2D eigenvalue weighted by Gasteiger charge is 1.97. The fraction of sp³-hybridized carbons (Fsp3) is 0.250. The van der Waals surface area contributed by atoms with Crippen molar-refractivity contribution in [2.75, 3.05) is 6.54 Å². The Balaban J connectivity index is 3.40. The molecule has 2 radical (unpaired) electrons. The van der Waals surface area contributed by atoms with Crippen LogP contribution in [-0.4, -0.2) is 18.4 Å². The predicted octanol–water partition coefficient (Wildman–Crippen LogP) is -1.70. The van der Waals surface area contributed by atoms with Gasteiger partial charge in [-0.3, -0.25) is 14.9 Å². The van der Waals surface area contributed by atoms with Crippen molar-refractivity contribution in [2.45, 2.75) is 0 Å². The first kappa shape index (κ1) is 7.10. The number of hydrogen-bond acceptors (Lipinski definition) is 3. The minimum atomic E-state index is -0.875. The molecule has 0 aliphatic rings. The molecule has 4 nitrogen and oxygen atoms in total. The largest absolute Gasteiger partial charge is 0.322 e. The van der Waals surface area contributed by atoms with Crippen LogP contribution in [0.15, 0.2) is 0 Å². The topological polar surface area (TPSA) is 72.2 Å². The van der Waals surface area contributed by atoms with Gasteiger partial charge in [-0.05, 0) is 0 Å². The molecule has 0 atom stereocenters. The Morgan fingerprint density at radius 1 is 1.62 bits per heavy atom. The summed E-state index contributed by atoms with van der Waals surface area (Å²) in [5.41, 5.74) is 4.80. The number of imide groups is 1. The van der Waals surface area contributed by atoms with Crippen LogP contribution in [0.5, 0.6) is 0 Å². The lowest BCUT2D eigenvalue weighted by Gasteiger charge is -1.92. The molecule has 0 saturated carbocycles. The fourth-order valence-corrected chi connectivity index (χ4v) is 0.188. The Morgan fingerprint density at radius 3 is 2.25 bits per heavy atom. The van der Waals surface area contributed by atoms with Crippen LogP contribution >= 0.6 is 0 Å². The minimum absolute atomic E-state index is 0.219. The Hall–Kier alpha value is -0.900. The number of carbonyl (C=O) groups excluding carboxylic acids is 2. The standard InChI is InChI=1S/C4H6N2O2/c1-3(7)6-4(8)2-5/h1H,2,5H2,(H,6,7,8). The maximum absolute atomic E-state index is 10.1. The number of rotatable bonds is 1. The number of amides is 2. The summed E-state index contributed by atoms with van der Waals surface area (Å²) in [5, 5.41) is 1.77. The van der Waals surface area contributed by atoms with Crippen molar-refractivity contribution in [3.63, 3.8) is 0 Å². The zero-order valence-electron chi connectivity index (χ0n) is 4.18. The maximum Gasteiger partial charge on any atom is 0.240 e. The van der Waals surface area contributed by atoms with Gasteiger partial charge in [0, 0.05) is 0 Å². The van der Waals surface area contributed by atoms with Crippen LogP contribution in [0, 0.1) is 6.92 Å². The number of nitrogens with one attached hydrogen (secondary N) is 1. The van der Waals surface area contributed by atoms with E-state index in [1.165, 1.54) is 0 Å². The molecule has 44 valence electrons. The highest BCUT2D eigenvalue weighted by atomic mass is 16.2. The molecular formula is C4H6N2O2. The third kappa shape index (κ3) is 3.30. The molecule has 0 heterocycles. The van der Waals surface area contributed by atoms with Gasteiger partial charge in [0.25, 0.3) is 0 Å². The summed E-state index contributed by atoms with van der Waals surface area (Å²) in [7, 11) is 0. The van der Waals surface area contributed by atoms with Crippen molar-refractivity contribution in [1.82, 2.24) is 5.32 Å². The minimum Gasteiger partial charge on any atom is -0.322 e. The van der Waals surface area contributed by atoms with Crippen molar-refractivity contribution in [1.29, 1.82) is 0 Å². The summed E-state index contributed by atoms with van der Waals surface area (Å²) in [6, 6.07) is 0. The van der Waals surface area contributed by atoms with Gasteiger partial charge in [-0.1, -0.05) is 0 Å². The molecule has 0 rings (SSSR count). The summed E-state index contributed by atoms with van der Waals surface area (Å²) < 4.78 is 0. The molecule has 0 aromatic rings. The summed E-state index contributed by atoms with van der Waals surface area (Å²) in [6.07, 6.45) is 0. The van der Waals surface area contributed by atoms with E-state index in [1.54, 1.807) is 5.32 Å². The van der Waals surface area contributed by atoms with E-state index in [4.69, 9.17) is 5.73 Å². The molecule has 0 aromatic heterocycles. The first-order valence-corrected chi connectivity index (χ1v) is 1.96. The smallest absolute Gasteiger partial charge is 0.240 e. The van der Waals surface area contributed by atoms with E-state index in [2.05, 4.69) is 6.92 Å². The molecule has 0 unspecified atom stereocenters. The second kappa shape index (κ2) is 3.15. The maximum atomic E-state index is 10.1. The third-order valence-electron chi connectivity index (χ3n) is 0.448. The van der Waals surface area contributed by atoms with Crippen molar-refractivity contribution in [3.8, 4) is 0 Å². The third-order valence-corrected chi connectivity index (χ3v) is 0.448. The van der Waals surface area contributed by atoms with E-state index in [0.29, 0.717) is 0 Å². The van der Waals surface area contributed by atoms with Crippen LogP contribution in [0.4, 0.5) is 0 Å². The lowest BCUT2D eigenvalue weighted by molar-refractivity contribution is -0.127. The van der Waals surface area contributed by atoms with E-state index >= 15 is 0 Å². The lowest BCUT2D eigenvalue weighted by Crippen LogP contribution is -2.33. The summed E-state index contributed by atoms with van der Waals surface area (Å²) in [4.78, 5) is 19.9. The number of hydrogen-bond donors (Lipinski definition) is 2. The highest BCUT2D eigenvalue weighted by molar-refractivity contribution is 5.97. The number of nitrogens with two attached hydrogens (primary N) is 1. The Labute approximate surface area is 47.0 Å². The van der Waals surface area contributed by atoms with Crippen LogP contribution in [-0.2, 0) is 9.59 Å². The monoisotopic (exact) mass is 114 g/mol. The normalized spacial score (nSPS) is 8.25. The zero-order valence-corrected chi connectivity index (χ0v) is 4.18. The van der Waals surface area contributed by atoms with E-state index in [-0.39, 0.29) is 6.54 Å². The van der Waals surface area contributed by atoms with Crippen LogP contribution < -0.4 is 11.1 Å². The highest BCUT2D eigenvalue weighted by Crippen LogP contribution is 1.58. The van der Waals surface area contributed by atoms with Crippen LogP contribution in [0.25, 0.3) is 0 Å². The van der Waals surface area contributed by atoms with Gasteiger partial charge in [-0.15, -0.1) is 0 Å². The molecule has 0 aliphatic carbocycles. The van der Waals surface area contributed by atoms with Gasteiger partial charge in [0.1, 0.15) is 0 Å². The van der Waals surface area contributed by atoms with Crippen molar-refractivity contribution >= 4 is 11.8 Å². The molecule has 0 saturated heterocycles. The van der Waals surface area contributed by atoms with E-state index < -0.39 is 11.8 Å². The summed E-state index contributed by atoms with van der Waals surface area (Å²) in [5.74, 6) is -1.45. The first-order valence-electron chi connectivity index (χ1n) is 1.96. The number of carbonyl (C=O) groups is 2. The van der Waals surface area contributed by atoms with Gasteiger partial charge in [0.15, 0.2) is 0 Å². The molecule has 0 aromatic carbocycles. The molecule has 0 fully saturated rings. The average Bonchev–Trinajstić information content (AvgIpc) is 1.65. The second-order valence-electron chi connectivity index (χ2n) is 1.12. The Morgan fingerprint density at radius 2 is 2.12 bits per heavy atom. The second-order valence-corrected chi connectivity index (χ2v) is 1.12. The van der Waals surface area contributed by atoms with Crippen molar-refractivity contribution in [3.05, 3.63) is 6.92 Å². The summed E-state index contributed by atoms with van der Waals surface area (Å²) in [6.45, 7) is 4.32. The first-order chi connectivity index (χ1) is 3.66. The predicted molar refractivity (Wildman–Crippen MR) is 26.5 cm³/mol. The van der Waals surface area contributed by atoms with Gasteiger partial charge in [0.2, 0.25) is 11.8 Å². The quantitative estimate of drug-likeness (QED) is 0.426. The molecule has 2 amide bonds. The zero-order chi connectivity index (χ0) is 6.57. The molecule has 0 bridgehead atoms. The fourth-order valence-electron chi connectivity index (χ4n) is 0.188.